The summed E-state index contributed by atoms with van der Waals surface area (Å²) in [6.07, 6.45) is 1.80. The highest BCUT2D eigenvalue weighted by atomic mass is 35.5. The number of aromatic hydroxyl groups is 1. The first-order valence-electron chi connectivity index (χ1n) is 5.76. The number of benzene rings is 1. The first-order chi connectivity index (χ1) is 8.16. The van der Waals surface area contributed by atoms with Crippen LogP contribution in [0.1, 0.15) is 12.0 Å². The SMILES string of the molecule is CN1CCCc2c1c1cc(O)ccc1[nH]c2=O.Cl. The number of H-pyrrole nitrogens is 1. The molecule has 2 N–H and O–H groups in total. The van der Waals surface area contributed by atoms with Gasteiger partial charge < -0.3 is 15.0 Å². The van der Waals surface area contributed by atoms with Crippen molar-refractivity contribution >= 4 is 29.0 Å². The van der Waals surface area contributed by atoms with Gasteiger partial charge in [-0.25, -0.2) is 0 Å². The minimum absolute atomic E-state index is 0. The second kappa shape index (κ2) is 4.53. The molecule has 0 aliphatic carbocycles. The largest absolute Gasteiger partial charge is 0.508 e. The lowest BCUT2D eigenvalue weighted by Gasteiger charge is -2.28. The van der Waals surface area contributed by atoms with E-state index >= 15 is 0 Å². The molecule has 2 heterocycles. The van der Waals surface area contributed by atoms with Crippen LogP contribution >= 0.6 is 12.4 Å². The van der Waals surface area contributed by atoms with Gasteiger partial charge in [-0.05, 0) is 31.0 Å². The summed E-state index contributed by atoms with van der Waals surface area (Å²) in [5.41, 5.74) is 2.56. The number of anilines is 1. The molecular formula is C13H15ClN2O2. The molecule has 0 amide bonds. The van der Waals surface area contributed by atoms with Crippen molar-refractivity contribution in [1.29, 1.82) is 0 Å². The highest BCUT2D eigenvalue weighted by Crippen LogP contribution is 2.32. The topological polar surface area (TPSA) is 56.3 Å². The van der Waals surface area contributed by atoms with Crippen LogP contribution in [0.3, 0.4) is 0 Å². The zero-order valence-electron chi connectivity index (χ0n) is 10.1. The number of fused-ring (bicyclic) bond motifs is 3. The Balaban J connectivity index is 0.00000120. The predicted molar refractivity (Wildman–Crippen MR) is 75.1 cm³/mol. The third-order valence-electron chi connectivity index (χ3n) is 3.37. The van der Waals surface area contributed by atoms with Crippen molar-refractivity contribution < 1.29 is 5.11 Å². The highest BCUT2D eigenvalue weighted by Gasteiger charge is 2.20. The van der Waals surface area contributed by atoms with Crippen LogP contribution in [0.2, 0.25) is 0 Å². The van der Waals surface area contributed by atoms with Gasteiger partial charge >= 0.3 is 0 Å². The van der Waals surface area contributed by atoms with Gasteiger partial charge in [-0.2, -0.15) is 0 Å². The molecular weight excluding hydrogens is 252 g/mol. The average Bonchev–Trinajstić information content (AvgIpc) is 2.30. The Hall–Kier alpha value is -1.68. The number of nitrogens with zero attached hydrogens (tertiary/aromatic N) is 1. The van der Waals surface area contributed by atoms with Crippen LogP contribution in [0.15, 0.2) is 23.0 Å². The van der Waals surface area contributed by atoms with Crippen molar-refractivity contribution in [3.63, 3.8) is 0 Å². The van der Waals surface area contributed by atoms with Gasteiger partial charge in [-0.3, -0.25) is 4.79 Å². The summed E-state index contributed by atoms with van der Waals surface area (Å²) >= 11 is 0. The number of nitrogens with one attached hydrogen (secondary N) is 1. The summed E-state index contributed by atoms with van der Waals surface area (Å²) in [6, 6.07) is 5.05. The molecule has 5 heteroatoms. The van der Waals surface area contributed by atoms with E-state index in [0.29, 0.717) is 0 Å². The Labute approximate surface area is 111 Å². The van der Waals surface area contributed by atoms with E-state index in [1.807, 2.05) is 7.05 Å². The van der Waals surface area contributed by atoms with Crippen molar-refractivity contribution in [1.82, 2.24) is 4.98 Å². The number of pyridine rings is 1. The molecule has 1 aromatic heterocycles. The molecule has 0 spiro atoms. The van der Waals surface area contributed by atoms with Crippen LogP contribution in [0.25, 0.3) is 10.9 Å². The molecule has 4 nitrogen and oxygen atoms in total. The Morgan fingerprint density at radius 1 is 1.39 bits per heavy atom. The van der Waals surface area contributed by atoms with Gasteiger partial charge in [0.05, 0.1) is 11.2 Å². The minimum Gasteiger partial charge on any atom is -0.508 e. The average molecular weight is 267 g/mol. The van der Waals surface area contributed by atoms with E-state index in [0.717, 1.165) is 41.5 Å². The molecule has 96 valence electrons. The molecule has 0 radical (unpaired) electrons. The number of aromatic amines is 1. The molecule has 0 saturated carbocycles. The number of aromatic nitrogens is 1. The fraction of sp³-hybridized carbons (Fsp3) is 0.308. The van der Waals surface area contributed by atoms with Crippen LogP contribution in [-0.4, -0.2) is 23.7 Å². The molecule has 1 aliphatic heterocycles. The third-order valence-corrected chi connectivity index (χ3v) is 3.37. The van der Waals surface area contributed by atoms with Crippen LogP contribution in [0, 0.1) is 0 Å². The maximum absolute atomic E-state index is 12.0. The number of hydrogen-bond acceptors (Lipinski definition) is 3. The molecule has 0 atom stereocenters. The summed E-state index contributed by atoms with van der Waals surface area (Å²) in [6.45, 7) is 0.946. The van der Waals surface area contributed by atoms with E-state index < -0.39 is 0 Å². The Morgan fingerprint density at radius 3 is 2.94 bits per heavy atom. The highest BCUT2D eigenvalue weighted by molar-refractivity contribution is 5.94. The molecule has 2 aromatic rings. The Bertz CT molecular complexity index is 651. The fourth-order valence-electron chi connectivity index (χ4n) is 2.58. The van der Waals surface area contributed by atoms with Gasteiger partial charge in [0.25, 0.3) is 5.56 Å². The third kappa shape index (κ3) is 1.82. The van der Waals surface area contributed by atoms with E-state index in [1.54, 1.807) is 18.2 Å². The van der Waals surface area contributed by atoms with Crippen LogP contribution < -0.4 is 10.5 Å². The van der Waals surface area contributed by atoms with Crippen molar-refractivity contribution in [3.8, 4) is 5.75 Å². The summed E-state index contributed by atoms with van der Waals surface area (Å²) in [5, 5.41) is 10.5. The number of rotatable bonds is 0. The van der Waals surface area contributed by atoms with Crippen molar-refractivity contribution in [2.45, 2.75) is 12.8 Å². The van der Waals surface area contributed by atoms with E-state index in [9.17, 15) is 9.90 Å². The summed E-state index contributed by atoms with van der Waals surface area (Å²) in [7, 11) is 1.99. The van der Waals surface area contributed by atoms with Crippen LogP contribution in [0.4, 0.5) is 5.69 Å². The van der Waals surface area contributed by atoms with Crippen molar-refractivity contribution in [3.05, 3.63) is 34.1 Å². The summed E-state index contributed by atoms with van der Waals surface area (Å²) in [4.78, 5) is 16.9. The first kappa shape index (κ1) is 12.8. The summed E-state index contributed by atoms with van der Waals surface area (Å²) < 4.78 is 0. The Kier molecular flexibility index (Phi) is 3.22. The maximum Gasteiger partial charge on any atom is 0.253 e. The molecule has 18 heavy (non-hydrogen) atoms. The second-order valence-corrected chi connectivity index (χ2v) is 4.54. The molecule has 1 aliphatic rings. The van der Waals surface area contributed by atoms with Crippen molar-refractivity contribution in [2.24, 2.45) is 0 Å². The molecule has 0 saturated heterocycles. The molecule has 1 aromatic carbocycles. The summed E-state index contributed by atoms with van der Waals surface area (Å²) in [5.74, 6) is 0.228. The molecule has 0 fully saturated rings. The normalized spacial score (nSPS) is 14.2. The minimum atomic E-state index is -0.00950. The molecule has 0 unspecified atom stereocenters. The lowest BCUT2D eigenvalue weighted by Crippen LogP contribution is -2.30. The smallest absolute Gasteiger partial charge is 0.253 e. The number of halogens is 1. The lowest BCUT2D eigenvalue weighted by atomic mass is 10.00. The standard InChI is InChI=1S/C13H14N2O2.ClH/c1-15-6-2-3-9-12(15)10-7-8(16)4-5-11(10)14-13(9)17;/h4-5,7,16H,2-3,6H2,1H3,(H,14,17);1H. The van der Waals surface area contributed by atoms with Gasteiger partial charge in [0.1, 0.15) is 5.75 Å². The van der Waals surface area contributed by atoms with Crippen LogP contribution in [-0.2, 0) is 6.42 Å². The first-order valence-corrected chi connectivity index (χ1v) is 5.76. The monoisotopic (exact) mass is 266 g/mol. The van der Waals surface area contributed by atoms with Gasteiger partial charge in [0.2, 0.25) is 0 Å². The number of hydrogen-bond donors (Lipinski definition) is 2. The van der Waals surface area contributed by atoms with E-state index in [2.05, 4.69) is 9.88 Å². The zero-order chi connectivity index (χ0) is 12.0. The molecule has 3 rings (SSSR count). The van der Waals surface area contributed by atoms with E-state index in [1.165, 1.54) is 0 Å². The lowest BCUT2D eigenvalue weighted by molar-refractivity contribution is 0.476. The number of phenols is 1. The quantitative estimate of drug-likeness (QED) is 0.767. The van der Waals surface area contributed by atoms with E-state index in [4.69, 9.17) is 0 Å². The van der Waals surface area contributed by atoms with Gasteiger partial charge in [-0.15, -0.1) is 12.4 Å². The predicted octanol–water partition coefficient (Wildman–Crippen LogP) is 2.04. The maximum atomic E-state index is 12.0. The van der Waals surface area contributed by atoms with Crippen LogP contribution in [0.5, 0.6) is 5.75 Å². The van der Waals surface area contributed by atoms with Gasteiger partial charge in [0, 0.05) is 24.5 Å². The second-order valence-electron chi connectivity index (χ2n) is 4.54. The fourth-order valence-corrected chi connectivity index (χ4v) is 2.58. The van der Waals surface area contributed by atoms with Gasteiger partial charge in [-0.1, -0.05) is 0 Å². The van der Waals surface area contributed by atoms with E-state index in [-0.39, 0.29) is 23.7 Å². The van der Waals surface area contributed by atoms with Gasteiger partial charge in [0.15, 0.2) is 0 Å². The van der Waals surface area contributed by atoms with Crippen molar-refractivity contribution in [2.75, 3.05) is 18.5 Å². The zero-order valence-corrected chi connectivity index (χ0v) is 10.9. The Morgan fingerprint density at radius 2 is 2.17 bits per heavy atom. The number of phenolic OH excluding ortho intramolecular Hbond substituents is 1. The molecule has 0 bridgehead atoms.